The molecule has 0 aliphatic carbocycles. The van der Waals surface area contributed by atoms with Gasteiger partial charge in [0.2, 0.25) is 0 Å². The molecule has 0 saturated heterocycles. The Labute approximate surface area is 160 Å². The van der Waals surface area contributed by atoms with Crippen molar-refractivity contribution in [2.75, 3.05) is 25.6 Å². The molecule has 2 amide bonds. The normalized spacial score (nSPS) is 10.0. The van der Waals surface area contributed by atoms with Crippen LogP contribution in [0.3, 0.4) is 0 Å². The third-order valence-corrected chi connectivity index (χ3v) is 3.50. The number of para-hydroxylation sites is 1. The molecule has 142 valence electrons. The molecule has 0 bridgehead atoms. The van der Waals surface area contributed by atoms with Crippen molar-refractivity contribution in [3.63, 3.8) is 0 Å². The Morgan fingerprint density at radius 3 is 2.44 bits per heavy atom. The zero-order valence-corrected chi connectivity index (χ0v) is 15.1. The molecule has 9 heteroatoms. The number of hydrogen-bond acceptors (Lipinski definition) is 6. The molecule has 8 nitrogen and oxygen atoms in total. The van der Waals surface area contributed by atoms with Crippen molar-refractivity contribution in [2.24, 2.45) is 5.73 Å². The maximum absolute atomic E-state index is 12.2. The maximum atomic E-state index is 12.2. The first-order valence-corrected chi connectivity index (χ1v) is 8.09. The van der Waals surface area contributed by atoms with Crippen molar-refractivity contribution >= 4 is 35.1 Å². The second kappa shape index (κ2) is 9.44. The van der Waals surface area contributed by atoms with Crippen LogP contribution < -0.4 is 20.5 Å². The van der Waals surface area contributed by atoms with Crippen LogP contribution in [0.4, 0.5) is 5.69 Å². The van der Waals surface area contributed by atoms with Gasteiger partial charge in [0.15, 0.2) is 24.7 Å². The van der Waals surface area contributed by atoms with Crippen LogP contribution in [0.25, 0.3) is 0 Å². The number of amides is 2. The van der Waals surface area contributed by atoms with Gasteiger partial charge in [-0.25, -0.2) is 4.79 Å². The lowest BCUT2D eigenvalue weighted by Gasteiger charge is -2.13. The van der Waals surface area contributed by atoms with Gasteiger partial charge in [0, 0.05) is 5.69 Å². The quantitative estimate of drug-likeness (QED) is 0.663. The van der Waals surface area contributed by atoms with E-state index >= 15 is 0 Å². The molecular formula is C18H17ClN2O6. The van der Waals surface area contributed by atoms with Crippen LogP contribution in [0.5, 0.6) is 11.5 Å². The highest BCUT2D eigenvalue weighted by Crippen LogP contribution is 2.36. The summed E-state index contributed by atoms with van der Waals surface area (Å²) in [4.78, 5) is 34.8. The number of anilines is 1. The lowest BCUT2D eigenvalue weighted by atomic mass is 10.2. The van der Waals surface area contributed by atoms with E-state index in [1.807, 2.05) is 6.07 Å². The molecule has 0 saturated carbocycles. The molecule has 0 atom stereocenters. The minimum atomic E-state index is -0.778. The Morgan fingerprint density at radius 1 is 1.11 bits per heavy atom. The van der Waals surface area contributed by atoms with Crippen LogP contribution in [-0.2, 0) is 14.3 Å². The molecule has 27 heavy (non-hydrogen) atoms. The SMILES string of the molecule is COc1cc(C(=O)OCC(=O)Nc2ccccc2)cc(Cl)c1OCC(N)=O. The zero-order valence-electron chi connectivity index (χ0n) is 14.4. The number of nitrogens with two attached hydrogens (primary N) is 1. The second-order valence-corrected chi connectivity index (χ2v) is 5.64. The van der Waals surface area contributed by atoms with Crippen LogP contribution >= 0.6 is 11.6 Å². The molecule has 0 spiro atoms. The summed E-state index contributed by atoms with van der Waals surface area (Å²) < 4.78 is 15.3. The number of ether oxygens (including phenoxy) is 3. The van der Waals surface area contributed by atoms with E-state index in [2.05, 4.69) is 5.32 Å². The number of rotatable bonds is 8. The van der Waals surface area contributed by atoms with Crippen molar-refractivity contribution in [3.05, 3.63) is 53.1 Å². The average molecular weight is 393 g/mol. The van der Waals surface area contributed by atoms with Crippen molar-refractivity contribution in [2.45, 2.75) is 0 Å². The van der Waals surface area contributed by atoms with Gasteiger partial charge in [0.25, 0.3) is 11.8 Å². The van der Waals surface area contributed by atoms with Crippen LogP contribution in [0.15, 0.2) is 42.5 Å². The first kappa shape index (κ1) is 20.1. The summed E-state index contributed by atoms with van der Waals surface area (Å²) in [6.07, 6.45) is 0. The number of nitrogens with one attached hydrogen (secondary N) is 1. The predicted molar refractivity (Wildman–Crippen MR) is 98.0 cm³/mol. The van der Waals surface area contributed by atoms with E-state index in [0.29, 0.717) is 5.69 Å². The molecule has 0 aromatic heterocycles. The fourth-order valence-corrected chi connectivity index (χ4v) is 2.32. The Hall–Kier alpha value is -3.26. The molecule has 3 N–H and O–H groups in total. The molecule has 0 heterocycles. The number of carbonyl (C=O) groups is 3. The van der Waals surface area contributed by atoms with Gasteiger partial charge in [-0.15, -0.1) is 0 Å². The van der Waals surface area contributed by atoms with Gasteiger partial charge >= 0.3 is 5.97 Å². The van der Waals surface area contributed by atoms with Crippen molar-refractivity contribution in [1.82, 2.24) is 0 Å². The largest absolute Gasteiger partial charge is 0.493 e. The summed E-state index contributed by atoms with van der Waals surface area (Å²) in [6, 6.07) is 11.3. The number of halogens is 1. The number of carbonyl (C=O) groups excluding carboxylic acids is 3. The maximum Gasteiger partial charge on any atom is 0.338 e. The van der Waals surface area contributed by atoms with E-state index in [0.717, 1.165) is 0 Å². The lowest BCUT2D eigenvalue weighted by Crippen LogP contribution is -2.21. The molecule has 2 aromatic rings. The van der Waals surface area contributed by atoms with E-state index in [9.17, 15) is 14.4 Å². The highest BCUT2D eigenvalue weighted by Gasteiger charge is 2.18. The van der Waals surface area contributed by atoms with Crippen LogP contribution in [-0.4, -0.2) is 38.1 Å². The summed E-state index contributed by atoms with van der Waals surface area (Å²) >= 11 is 6.07. The molecule has 0 aliphatic heterocycles. The molecule has 0 fully saturated rings. The predicted octanol–water partition coefficient (Wildman–Crippen LogP) is 2.01. The van der Waals surface area contributed by atoms with E-state index in [-0.39, 0.29) is 22.1 Å². The Kier molecular flexibility index (Phi) is 7.01. The van der Waals surface area contributed by atoms with E-state index in [4.69, 9.17) is 31.5 Å². The third-order valence-electron chi connectivity index (χ3n) is 3.22. The number of esters is 1. The second-order valence-electron chi connectivity index (χ2n) is 5.23. The molecule has 2 aromatic carbocycles. The van der Waals surface area contributed by atoms with Gasteiger partial charge in [-0.2, -0.15) is 0 Å². The van der Waals surface area contributed by atoms with Gasteiger partial charge in [0.1, 0.15) is 0 Å². The molecular weight excluding hydrogens is 376 g/mol. The first-order valence-electron chi connectivity index (χ1n) is 7.71. The van der Waals surface area contributed by atoms with E-state index in [1.165, 1.54) is 19.2 Å². The minimum Gasteiger partial charge on any atom is -0.493 e. The number of methoxy groups -OCH3 is 1. The summed E-state index contributed by atoms with van der Waals surface area (Å²) in [5.41, 5.74) is 5.66. The van der Waals surface area contributed by atoms with Gasteiger partial charge in [-0.05, 0) is 24.3 Å². The van der Waals surface area contributed by atoms with Gasteiger partial charge in [-0.1, -0.05) is 29.8 Å². The lowest BCUT2D eigenvalue weighted by molar-refractivity contribution is -0.120. The minimum absolute atomic E-state index is 0.0243. The highest BCUT2D eigenvalue weighted by atomic mass is 35.5. The number of hydrogen-bond donors (Lipinski definition) is 2. The van der Waals surface area contributed by atoms with Gasteiger partial charge in [-0.3, -0.25) is 9.59 Å². The van der Waals surface area contributed by atoms with Crippen molar-refractivity contribution in [1.29, 1.82) is 0 Å². The average Bonchev–Trinajstić information content (AvgIpc) is 2.65. The van der Waals surface area contributed by atoms with Crippen molar-refractivity contribution in [3.8, 4) is 11.5 Å². The number of primary amides is 1. The monoisotopic (exact) mass is 392 g/mol. The Balaban J connectivity index is 2.02. The van der Waals surface area contributed by atoms with Crippen LogP contribution in [0.2, 0.25) is 5.02 Å². The van der Waals surface area contributed by atoms with Gasteiger partial charge in [0.05, 0.1) is 17.7 Å². The fraction of sp³-hybridized carbons (Fsp3) is 0.167. The summed E-state index contributed by atoms with van der Waals surface area (Å²) in [5, 5.41) is 2.61. The summed E-state index contributed by atoms with van der Waals surface area (Å²) in [6.45, 7) is -0.882. The topological polar surface area (TPSA) is 117 Å². The summed E-state index contributed by atoms with van der Waals surface area (Å²) in [5.74, 6) is -1.78. The van der Waals surface area contributed by atoms with Crippen LogP contribution in [0, 0.1) is 0 Å². The molecule has 0 aliphatic rings. The third kappa shape index (κ3) is 5.89. The Morgan fingerprint density at radius 2 is 1.81 bits per heavy atom. The van der Waals surface area contributed by atoms with Crippen molar-refractivity contribution < 1.29 is 28.6 Å². The number of benzene rings is 2. The van der Waals surface area contributed by atoms with Gasteiger partial charge < -0.3 is 25.3 Å². The zero-order chi connectivity index (χ0) is 19.8. The molecule has 0 unspecified atom stereocenters. The fourth-order valence-electron chi connectivity index (χ4n) is 2.05. The summed E-state index contributed by atoms with van der Waals surface area (Å²) in [7, 11) is 1.34. The Bertz CT molecular complexity index is 841. The van der Waals surface area contributed by atoms with E-state index < -0.39 is 31.0 Å². The standard InChI is InChI=1S/C18H17ClN2O6/c1-25-14-8-11(7-13(19)17(14)26-9-15(20)22)18(24)27-10-16(23)21-12-5-3-2-4-6-12/h2-8H,9-10H2,1H3,(H2,20,22)(H,21,23). The van der Waals surface area contributed by atoms with Crippen LogP contribution in [0.1, 0.15) is 10.4 Å². The molecule has 2 rings (SSSR count). The first-order chi connectivity index (χ1) is 12.9. The smallest absolute Gasteiger partial charge is 0.338 e. The molecule has 0 radical (unpaired) electrons. The van der Waals surface area contributed by atoms with E-state index in [1.54, 1.807) is 24.3 Å². The highest BCUT2D eigenvalue weighted by molar-refractivity contribution is 6.32.